The third-order valence-electron chi connectivity index (χ3n) is 5.28. The van der Waals surface area contributed by atoms with Crippen molar-refractivity contribution in [2.24, 2.45) is 13.5 Å². The molecule has 0 unspecified atom stereocenters. The fourth-order valence-electron chi connectivity index (χ4n) is 3.81. The number of fused-ring (bicyclic) bond motifs is 3. The van der Waals surface area contributed by atoms with Crippen LogP contribution >= 0.6 is 23.0 Å². The Morgan fingerprint density at radius 2 is 0.697 bits per heavy atom. The first-order valence-corrected chi connectivity index (χ1v) is 14.8. The second kappa shape index (κ2) is 6.38. The fraction of sp³-hybridized carbons (Fsp3) is 0.143. The van der Waals surface area contributed by atoms with Crippen LogP contribution in [0.5, 0.6) is 34.5 Å². The number of rotatable bonds is 0. The summed E-state index contributed by atoms with van der Waals surface area (Å²) in [5, 5.41) is 0. The minimum Gasteiger partial charge on any atom is -0.409 e. The molecular formula is C21H18N3O6P3. The third-order valence-corrected chi connectivity index (χ3v) is 13.3. The van der Waals surface area contributed by atoms with Gasteiger partial charge < -0.3 is 27.1 Å². The second-order valence-electron chi connectivity index (χ2n) is 8.14. The molecule has 9 nitrogen and oxygen atoms in total. The molecule has 33 heavy (non-hydrogen) atoms. The Bertz CT molecular complexity index is 1370. The largest absolute Gasteiger partial charge is 0.461 e. The Kier molecular flexibility index (Phi) is 3.79. The van der Waals surface area contributed by atoms with Gasteiger partial charge in [0.25, 0.3) is 0 Å². The minimum atomic E-state index is -3.30. The van der Waals surface area contributed by atoms with Crippen molar-refractivity contribution in [3.63, 3.8) is 0 Å². The van der Waals surface area contributed by atoms with E-state index < -0.39 is 23.0 Å². The Balaban J connectivity index is 1.43. The van der Waals surface area contributed by atoms with Gasteiger partial charge in [-0.05, 0) is 73.9 Å². The molecule has 0 radical (unpaired) electrons. The van der Waals surface area contributed by atoms with Crippen LogP contribution in [0, 0.1) is 20.8 Å². The van der Waals surface area contributed by atoms with Crippen molar-refractivity contribution in [2.75, 3.05) is 0 Å². The average Bonchev–Trinajstić information content (AvgIpc) is 3.36. The lowest BCUT2D eigenvalue weighted by Crippen LogP contribution is -2.02. The van der Waals surface area contributed by atoms with E-state index in [0.717, 1.165) is 16.7 Å². The predicted molar refractivity (Wildman–Crippen MR) is 125 cm³/mol. The normalized spacial score (nSPS) is 29.2. The van der Waals surface area contributed by atoms with Gasteiger partial charge in [-0.1, -0.05) is 31.7 Å². The van der Waals surface area contributed by atoms with Crippen LogP contribution in [0.2, 0.25) is 0 Å². The van der Waals surface area contributed by atoms with Gasteiger partial charge in [-0.3, -0.25) is 0 Å². The van der Waals surface area contributed by atoms with Crippen molar-refractivity contribution in [2.45, 2.75) is 20.8 Å². The molecule has 4 aliphatic heterocycles. The second-order valence-corrected chi connectivity index (χ2v) is 14.3. The molecule has 3 aromatic carbocycles. The molecule has 4 aliphatic rings. The molecule has 7 rings (SSSR count). The topological polar surface area (TPSA) is 92.5 Å². The van der Waals surface area contributed by atoms with Gasteiger partial charge in [0, 0.05) is 0 Å². The Labute approximate surface area is 190 Å². The van der Waals surface area contributed by atoms with Crippen LogP contribution in [0.4, 0.5) is 0 Å². The lowest BCUT2D eigenvalue weighted by Gasteiger charge is -2.24. The molecule has 12 heteroatoms. The summed E-state index contributed by atoms with van der Waals surface area (Å²) in [5.41, 5.74) is 3.09. The zero-order valence-electron chi connectivity index (χ0n) is 17.8. The molecule has 0 saturated carbocycles. The zero-order chi connectivity index (χ0) is 22.4. The van der Waals surface area contributed by atoms with Crippen LogP contribution in [-0.2, 0) is 0 Å². The van der Waals surface area contributed by atoms with Crippen molar-refractivity contribution < 1.29 is 27.1 Å². The van der Waals surface area contributed by atoms with E-state index in [4.69, 9.17) is 40.7 Å². The Morgan fingerprint density at radius 3 is 1.00 bits per heavy atom. The van der Waals surface area contributed by atoms with E-state index in [0.29, 0.717) is 34.5 Å². The molecule has 0 bridgehead atoms. The van der Waals surface area contributed by atoms with Crippen molar-refractivity contribution in [3.05, 3.63) is 71.3 Å². The lowest BCUT2D eigenvalue weighted by molar-refractivity contribution is 0.519. The van der Waals surface area contributed by atoms with Crippen molar-refractivity contribution >= 4 is 23.0 Å². The van der Waals surface area contributed by atoms with Crippen LogP contribution in [0.1, 0.15) is 16.7 Å². The first kappa shape index (κ1) is 19.6. The third kappa shape index (κ3) is 3.03. The van der Waals surface area contributed by atoms with Gasteiger partial charge in [0.1, 0.15) is 0 Å². The van der Waals surface area contributed by atoms with Crippen molar-refractivity contribution in [1.29, 1.82) is 0 Å². The highest BCUT2D eigenvalue weighted by Gasteiger charge is 2.54. The zero-order valence-corrected chi connectivity index (χ0v) is 20.5. The van der Waals surface area contributed by atoms with Crippen LogP contribution in [-0.4, -0.2) is 0 Å². The first-order chi connectivity index (χ1) is 15.8. The molecule has 3 aromatic rings. The summed E-state index contributed by atoms with van der Waals surface area (Å²) in [6.07, 6.45) is 0. The van der Waals surface area contributed by atoms with Gasteiger partial charge in [0.2, 0.25) is 0 Å². The molecule has 0 aliphatic carbocycles. The van der Waals surface area contributed by atoms with Gasteiger partial charge in [0.05, 0.1) is 0 Å². The highest BCUT2D eigenvalue weighted by Crippen LogP contribution is 2.83. The number of nitrogens with zero attached hydrogens (tertiary/aromatic N) is 3. The van der Waals surface area contributed by atoms with Crippen LogP contribution in [0.15, 0.2) is 68.1 Å². The standard InChI is InChI=1S/C21H18N3O6P3/c1-13-4-7-16-19(10-13)28-31(25-16)22-32(26-17-8-5-14(2)11-20(17)29-32)24-33(23-31)27-18-9-6-15(3)12-21(18)30-33/h4-12H,1-3H3. The fourth-order valence-corrected chi connectivity index (χ4v) is 12.9. The van der Waals surface area contributed by atoms with E-state index in [1.54, 1.807) is 0 Å². The molecule has 0 fully saturated rings. The molecule has 0 amide bonds. The summed E-state index contributed by atoms with van der Waals surface area (Å²) in [7, 11) is -9.89. The predicted octanol–water partition coefficient (Wildman–Crippen LogP) is 8.18. The maximum Gasteiger partial charge on any atom is 0.461 e. The first-order valence-electron chi connectivity index (χ1n) is 10.2. The minimum absolute atomic E-state index is 0.555. The molecule has 4 heterocycles. The van der Waals surface area contributed by atoms with E-state index in [-0.39, 0.29) is 0 Å². The van der Waals surface area contributed by atoms with Gasteiger partial charge in [-0.25, -0.2) is 0 Å². The Morgan fingerprint density at radius 1 is 0.424 bits per heavy atom. The summed E-state index contributed by atoms with van der Waals surface area (Å²) in [4.78, 5) is 0. The molecule has 3 spiro atoms. The molecular weight excluding hydrogens is 483 g/mol. The SMILES string of the molecule is Cc1ccc2c(c1)OP1(=NP3(=NP4(=N1)Oc1ccc(C)cc1O4)Oc1ccc(C)cc1O3)O2. The smallest absolute Gasteiger partial charge is 0.409 e. The summed E-state index contributed by atoms with van der Waals surface area (Å²) in [6.45, 7) is 5.93. The van der Waals surface area contributed by atoms with Crippen LogP contribution in [0.25, 0.3) is 0 Å². The van der Waals surface area contributed by atoms with Gasteiger partial charge in [-0.2, -0.15) is 0 Å². The summed E-state index contributed by atoms with van der Waals surface area (Å²) in [5.74, 6) is 3.36. The molecule has 168 valence electrons. The molecule has 0 atom stereocenters. The van der Waals surface area contributed by atoms with Crippen LogP contribution in [0.3, 0.4) is 0 Å². The summed E-state index contributed by atoms with van der Waals surface area (Å²) in [6, 6.07) is 17.0. The van der Waals surface area contributed by atoms with Gasteiger partial charge in [-0.15, -0.1) is 0 Å². The van der Waals surface area contributed by atoms with E-state index >= 15 is 0 Å². The Hall–Kier alpha value is -2.85. The monoisotopic (exact) mass is 501 g/mol. The van der Waals surface area contributed by atoms with Crippen LogP contribution < -0.4 is 27.1 Å². The van der Waals surface area contributed by atoms with E-state index in [1.165, 1.54) is 0 Å². The summed E-state index contributed by atoms with van der Waals surface area (Å²) < 4.78 is 51.9. The number of hydrogen-bond acceptors (Lipinski definition) is 9. The van der Waals surface area contributed by atoms with E-state index in [2.05, 4.69) is 0 Å². The number of benzene rings is 3. The number of aryl methyl sites for hydroxylation is 3. The molecule has 0 saturated heterocycles. The average molecular weight is 501 g/mol. The summed E-state index contributed by atoms with van der Waals surface area (Å²) >= 11 is 0. The lowest BCUT2D eigenvalue weighted by atomic mass is 10.2. The van der Waals surface area contributed by atoms with E-state index in [9.17, 15) is 0 Å². The highest BCUT2D eigenvalue weighted by atomic mass is 31.3. The highest BCUT2D eigenvalue weighted by molar-refractivity contribution is 7.79. The number of hydrogen-bond donors (Lipinski definition) is 0. The van der Waals surface area contributed by atoms with E-state index in [1.807, 2.05) is 75.4 Å². The van der Waals surface area contributed by atoms with Crippen molar-refractivity contribution in [1.82, 2.24) is 0 Å². The quantitative estimate of drug-likeness (QED) is 0.289. The molecule has 0 N–H and O–H groups in total. The maximum absolute atomic E-state index is 6.27. The van der Waals surface area contributed by atoms with Gasteiger partial charge >= 0.3 is 23.0 Å². The van der Waals surface area contributed by atoms with Crippen molar-refractivity contribution in [3.8, 4) is 34.5 Å². The maximum atomic E-state index is 6.27. The van der Waals surface area contributed by atoms with Gasteiger partial charge in [0.15, 0.2) is 34.5 Å². The molecule has 0 aromatic heterocycles.